The van der Waals surface area contributed by atoms with Crippen LogP contribution >= 0.6 is 12.2 Å². The van der Waals surface area contributed by atoms with Crippen LogP contribution in [0.2, 0.25) is 0 Å². The van der Waals surface area contributed by atoms with Crippen LogP contribution in [0.15, 0.2) is 24.3 Å². The molecule has 0 aliphatic carbocycles. The molecule has 0 atom stereocenters. The van der Waals surface area contributed by atoms with Gasteiger partial charge in [-0.25, -0.2) is 4.98 Å². The van der Waals surface area contributed by atoms with Crippen LogP contribution < -0.4 is 4.74 Å². The van der Waals surface area contributed by atoms with E-state index in [0.29, 0.717) is 17.2 Å². The molecule has 1 heterocycles. The molecule has 0 bridgehead atoms. The number of H-pyrrole nitrogens is 2. The summed E-state index contributed by atoms with van der Waals surface area (Å²) in [6, 6.07) is 8.12. The molecule has 2 rings (SSSR count). The molecule has 0 radical (unpaired) electrons. The maximum atomic E-state index is 5.61. The summed E-state index contributed by atoms with van der Waals surface area (Å²) in [6.45, 7) is 6.94. The van der Waals surface area contributed by atoms with E-state index < -0.39 is 0 Å². The molecule has 96 valence electrons. The minimum absolute atomic E-state index is 0.158. The Balaban J connectivity index is 2.00. The van der Waals surface area contributed by atoms with E-state index in [1.54, 1.807) is 0 Å². The van der Waals surface area contributed by atoms with Crippen LogP contribution in [0.1, 0.15) is 32.2 Å². The summed E-state index contributed by atoms with van der Waals surface area (Å²) in [7, 11) is 0. The lowest BCUT2D eigenvalue weighted by atomic mass is 9.87. The summed E-state index contributed by atoms with van der Waals surface area (Å²) in [5, 5.41) is 5.58. The Morgan fingerprint density at radius 3 is 2.33 bits per heavy atom. The lowest BCUT2D eigenvalue weighted by Gasteiger charge is -2.19. The van der Waals surface area contributed by atoms with Crippen LogP contribution in [-0.4, -0.2) is 15.2 Å². The maximum absolute atomic E-state index is 5.61. The first-order valence-corrected chi connectivity index (χ1v) is 6.23. The van der Waals surface area contributed by atoms with Gasteiger partial charge in [0.25, 0.3) is 0 Å². The molecule has 0 aliphatic heterocycles. The highest BCUT2D eigenvalue weighted by atomic mass is 32.1. The van der Waals surface area contributed by atoms with Crippen LogP contribution in [0.3, 0.4) is 0 Å². The van der Waals surface area contributed by atoms with Gasteiger partial charge in [-0.1, -0.05) is 32.9 Å². The van der Waals surface area contributed by atoms with Gasteiger partial charge in [-0.3, -0.25) is 10.2 Å². The zero-order chi connectivity index (χ0) is 13.2. The monoisotopic (exact) mass is 263 g/mol. The number of ether oxygens (including phenoxy) is 1. The van der Waals surface area contributed by atoms with Crippen LogP contribution in [0.5, 0.6) is 5.75 Å². The average Bonchev–Trinajstić information content (AvgIpc) is 2.72. The molecular weight excluding hydrogens is 246 g/mol. The molecule has 0 spiro atoms. The van der Waals surface area contributed by atoms with Crippen molar-refractivity contribution < 1.29 is 4.74 Å². The number of nitrogens with zero attached hydrogens (tertiary/aromatic N) is 1. The first-order valence-electron chi connectivity index (χ1n) is 5.82. The molecule has 0 saturated heterocycles. The van der Waals surface area contributed by atoms with Crippen LogP contribution in [-0.2, 0) is 12.0 Å². The molecule has 1 aromatic heterocycles. The third-order valence-electron chi connectivity index (χ3n) is 2.65. The summed E-state index contributed by atoms with van der Waals surface area (Å²) in [5.41, 5.74) is 1.44. The van der Waals surface area contributed by atoms with Gasteiger partial charge in [0.15, 0.2) is 5.82 Å². The normalized spacial score (nSPS) is 11.5. The molecule has 0 saturated carbocycles. The summed E-state index contributed by atoms with van der Waals surface area (Å²) in [4.78, 5) is 4.06. The van der Waals surface area contributed by atoms with Gasteiger partial charge in [0.2, 0.25) is 4.77 Å². The highest BCUT2D eigenvalue weighted by Crippen LogP contribution is 2.24. The zero-order valence-corrected chi connectivity index (χ0v) is 11.6. The van der Waals surface area contributed by atoms with Gasteiger partial charge in [0.1, 0.15) is 12.4 Å². The number of hydrogen-bond acceptors (Lipinski definition) is 3. The molecule has 0 fully saturated rings. The molecule has 1 aromatic carbocycles. The lowest BCUT2D eigenvalue weighted by molar-refractivity contribution is 0.296. The molecular formula is C13H17N3OS. The number of hydrogen-bond donors (Lipinski definition) is 2. The van der Waals surface area contributed by atoms with E-state index in [4.69, 9.17) is 17.0 Å². The fourth-order valence-corrected chi connectivity index (χ4v) is 1.74. The maximum Gasteiger partial charge on any atom is 0.213 e. The molecule has 18 heavy (non-hydrogen) atoms. The minimum atomic E-state index is 0.158. The van der Waals surface area contributed by atoms with Crippen molar-refractivity contribution >= 4 is 12.2 Å². The first-order chi connectivity index (χ1) is 8.45. The number of rotatable bonds is 3. The molecule has 4 nitrogen and oxygen atoms in total. The Hall–Kier alpha value is -1.62. The van der Waals surface area contributed by atoms with Crippen molar-refractivity contribution in [3.05, 3.63) is 40.4 Å². The molecule has 2 aromatic rings. The first kappa shape index (κ1) is 12.8. The molecule has 0 unspecified atom stereocenters. The van der Waals surface area contributed by atoms with E-state index in [1.165, 1.54) is 5.56 Å². The van der Waals surface area contributed by atoms with E-state index in [0.717, 1.165) is 5.75 Å². The lowest BCUT2D eigenvalue weighted by Crippen LogP contribution is -2.10. The van der Waals surface area contributed by atoms with Crippen molar-refractivity contribution in [3.63, 3.8) is 0 Å². The molecule has 0 amide bonds. The number of nitrogens with one attached hydrogen (secondary N) is 2. The number of aromatic nitrogens is 3. The van der Waals surface area contributed by atoms with E-state index in [1.807, 2.05) is 12.1 Å². The molecule has 5 heteroatoms. The van der Waals surface area contributed by atoms with Crippen LogP contribution in [0.25, 0.3) is 0 Å². The Labute approximate surface area is 111 Å². The largest absolute Gasteiger partial charge is 0.486 e. The second-order valence-electron chi connectivity index (χ2n) is 5.18. The average molecular weight is 263 g/mol. The second kappa shape index (κ2) is 4.94. The third-order valence-corrected chi connectivity index (χ3v) is 2.84. The fraction of sp³-hybridized carbons (Fsp3) is 0.385. The highest BCUT2D eigenvalue weighted by molar-refractivity contribution is 7.71. The Morgan fingerprint density at radius 2 is 1.83 bits per heavy atom. The van der Waals surface area contributed by atoms with Gasteiger partial charge in [-0.05, 0) is 35.3 Å². The zero-order valence-electron chi connectivity index (χ0n) is 10.8. The number of aromatic amines is 2. The third kappa shape index (κ3) is 3.20. The van der Waals surface area contributed by atoms with Crippen molar-refractivity contribution in [2.24, 2.45) is 0 Å². The SMILES string of the molecule is CC(C)(C)c1ccc(OCc2nc(=S)[nH][nH]2)cc1. The van der Waals surface area contributed by atoms with Crippen molar-refractivity contribution in [3.8, 4) is 5.75 Å². The van der Waals surface area contributed by atoms with Crippen LogP contribution in [0.4, 0.5) is 0 Å². The highest BCUT2D eigenvalue weighted by Gasteiger charge is 2.12. The fourth-order valence-electron chi connectivity index (χ4n) is 1.58. The van der Waals surface area contributed by atoms with Gasteiger partial charge in [0.05, 0.1) is 0 Å². The van der Waals surface area contributed by atoms with Gasteiger partial charge in [0, 0.05) is 0 Å². The van der Waals surface area contributed by atoms with Crippen molar-refractivity contribution in [2.45, 2.75) is 32.8 Å². The molecule has 2 N–H and O–H groups in total. The standard InChI is InChI=1S/C13H17N3OS/c1-13(2,3)9-4-6-10(7-5-9)17-8-11-14-12(18)16-15-11/h4-7H,8H2,1-3H3,(H2,14,15,16,18). The minimum Gasteiger partial charge on any atom is -0.486 e. The van der Waals surface area contributed by atoms with Crippen molar-refractivity contribution in [1.82, 2.24) is 15.2 Å². The molecule has 0 aliphatic rings. The summed E-state index contributed by atoms with van der Waals surface area (Å²) < 4.78 is 6.05. The van der Waals surface area contributed by atoms with Gasteiger partial charge in [-0.2, -0.15) is 0 Å². The second-order valence-corrected chi connectivity index (χ2v) is 5.56. The van der Waals surface area contributed by atoms with E-state index in [9.17, 15) is 0 Å². The summed E-state index contributed by atoms with van der Waals surface area (Å²) >= 11 is 4.87. The van der Waals surface area contributed by atoms with Gasteiger partial charge >= 0.3 is 0 Å². The van der Waals surface area contributed by atoms with Crippen molar-refractivity contribution in [2.75, 3.05) is 0 Å². The predicted octanol–water partition coefficient (Wildman–Crippen LogP) is 3.34. The number of benzene rings is 1. The smallest absolute Gasteiger partial charge is 0.213 e. The van der Waals surface area contributed by atoms with E-state index >= 15 is 0 Å². The predicted molar refractivity (Wildman–Crippen MR) is 73.2 cm³/mol. The summed E-state index contributed by atoms with van der Waals surface area (Å²) in [5.74, 6) is 1.52. The summed E-state index contributed by atoms with van der Waals surface area (Å²) in [6.07, 6.45) is 0. The quantitative estimate of drug-likeness (QED) is 0.835. The van der Waals surface area contributed by atoms with Gasteiger partial charge in [-0.15, -0.1) is 0 Å². The van der Waals surface area contributed by atoms with Crippen LogP contribution in [0, 0.1) is 4.77 Å². The Kier molecular flexibility index (Phi) is 3.52. The van der Waals surface area contributed by atoms with E-state index in [-0.39, 0.29) is 5.41 Å². The topological polar surface area (TPSA) is 53.7 Å². The van der Waals surface area contributed by atoms with Crippen molar-refractivity contribution in [1.29, 1.82) is 0 Å². The van der Waals surface area contributed by atoms with E-state index in [2.05, 4.69) is 48.1 Å². The van der Waals surface area contributed by atoms with Gasteiger partial charge < -0.3 is 4.74 Å². The Bertz CT molecular complexity index is 563. The Morgan fingerprint density at radius 1 is 1.17 bits per heavy atom.